The number of rotatable bonds is 4. The Kier molecular flexibility index (Phi) is 8.06. The highest BCUT2D eigenvalue weighted by atomic mass is 32.1. The van der Waals surface area contributed by atoms with Gasteiger partial charge in [0.2, 0.25) is 0 Å². The van der Waals surface area contributed by atoms with Crippen molar-refractivity contribution >= 4 is 54.0 Å². The van der Waals surface area contributed by atoms with Crippen LogP contribution < -0.4 is 18.5 Å². The molecule has 0 aliphatic carbocycles. The Balaban J connectivity index is 2.00. The Morgan fingerprint density at radius 2 is 0.848 bits per heavy atom. The summed E-state index contributed by atoms with van der Waals surface area (Å²) in [6, 6.07) is 14.4. The van der Waals surface area contributed by atoms with Crippen molar-refractivity contribution in [2.45, 2.75) is 12.7 Å². The monoisotopic (exact) mass is 672 g/mol. The van der Waals surface area contributed by atoms with Crippen LogP contribution in [0.15, 0.2) is 48.5 Å². The average Bonchev–Trinajstić information content (AvgIpc) is 3.50. The van der Waals surface area contributed by atoms with Gasteiger partial charge in [-0.3, -0.25) is 0 Å². The van der Waals surface area contributed by atoms with Gasteiger partial charge in [0.1, 0.15) is 46.9 Å². The molecule has 0 aliphatic rings. The molecule has 5 rings (SSSR count). The van der Waals surface area contributed by atoms with Gasteiger partial charge in [0.25, 0.3) is 0 Å². The van der Waals surface area contributed by atoms with E-state index in [-0.39, 0.29) is 42.4 Å². The molecule has 6 nitrogen and oxygen atoms in total. The van der Waals surface area contributed by atoms with Gasteiger partial charge in [-0.15, -0.1) is 49.0 Å². The van der Waals surface area contributed by atoms with Gasteiger partial charge in [0.15, 0.2) is 11.6 Å². The van der Waals surface area contributed by atoms with E-state index in [1.165, 1.54) is 0 Å². The van der Waals surface area contributed by atoms with Gasteiger partial charge in [0.05, 0.1) is 9.06 Å². The van der Waals surface area contributed by atoms with Gasteiger partial charge in [-0.05, 0) is 35.4 Å². The normalized spacial score (nSPS) is 11.4. The average molecular weight is 673 g/mol. The lowest BCUT2D eigenvalue weighted by molar-refractivity contribution is -0.275. The van der Waals surface area contributed by atoms with Crippen LogP contribution >= 0.6 is 22.7 Å². The largest absolute Gasteiger partial charge is 0.573 e. The van der Waals surface area contributed by atoms with Gasteiger partial charge in [0, 0.05) is 31.3 Å². The molecule has 2 aromatic heterocycles. The van der Waals surface area contributed by atoms with Crippen molar-refractivity contribution in [3.63, 3.8) is 0 Å². The molecule has 3 aromatic carbocycles. The maximum atomic E-state index is 16.3. The van der Waals surface area contributed by atoms with Crippen LogP contribution in [0, 0.1) is 57.0 Å². The van der Waals surface area contributed by atoms with Crippen molar-refractivity contribution in [1.82, 2.24) is 0 Å². The van der Waals surface area contributed by atoms with Crippen molar-refractivity contribution in [2.75, 3.05) is 0 Å². The van der Waals surface area contributed by atoms with E-state index in [4.69, 9.17) is 0 Å². The molecule has 0 spiro atoms. The third-order valence-electron chi connectivity index (χ3n) is 6.31. The lowest BCUT2D eigenvalue weighted by Crippen LogP contribution is -2.17. The molecule has 0 bridgehead atoms. The molecule has 5 aromatic rings. The number of thiophene rings is 2. The molecular formula is C30H8F8N4O2S2. The molecule has 0 radical (unpaired) electrons. The zero-order chi connectivity index (χ0) is 33.6. The summed E-state index contributed by atoms with van der Waals surface area (Å²) in [5, 5.41) is 37.3. The SMILES string of the molecule is N#CC(C#N)=c1sc2c(-c3ccc(OC(F)(F)F)cc3)c3c(F)c(=C(C#N)C#N)sc3c(-c3ccc(OC(F)(F)F)cc3)c2c1F. The number of nitrogens with zero attached hydrogens (tertiary/aromatic N) is 4. The molecule has 0 aliphatic heterocycles. The summed E-state index contributed by atoms with van der Waals surface area (Å²) in [5.74, 6) is -3.52. The highest BCUT2D eigenvalue weighted by Crippen LogP contribution is 2.48. The summed E-state index contributed by atoms with van der Waals surface area (Å²) >= 11 is 1.10. The molecular weight excluding hydrogens is 664 g/mol. The summed E-state index contributed by atoms with van der Waals surface area (Å²) in [7, 11) is 0. The summed E-state index contributed by atoms with van der Waals surface area (Å²) in [5.41, 5.74) is -1.52. The van der Waals surface area contributed by atoms with Crippen LogP contribution in [0.3, 0.4) is 0 Å². The molecule has 2 heterocycles. The van der Waals surface area contributed by atoms with Crippen LogP contribution in [0.2, 0.25) is 0 Å². The molecule has 0 amide bonds. The topological polar surface area (TPSA) is 114 Å². The first-order chi connectivity index (χ1) is 21.7. The van der Waals surface area contributed by atoms with Crippen molar-refractivity contribution in [3.05, 3.63) is 69.2 Å². The Morgan fingerprint density at radius 1 is 0.543 bits per heavy atom. The standard InChI is InChI=1S/C30H8F8N4O2S2/c31-23-21-19(13-1-5-17(6-2-13)43-29(33,34)35)27-22(24(32)26(45-27)16(11-41)12-42)20(28(21)46-25(23)15(9-39)10-40)14-3-7-18(8-4-14)44-30(36,37)38/h1-8H. The number of alkyl halides is 6. The lowest BCUT2D eigenvalue weighted by atomic mass is 9.93. The molecule has 0 atom stereocenters. The molecule has 46 heavy (non-hydrogen) atoms. The maximum Gasteiger partial charge on any atom is 0.573 e. The zero-order valence-corrected chi connectivity index (χ0v) is 23.7. The summed E-state index contributed by atoms with van der Waals surface area (Å²) < 4.78 is 116. The molecule has 0 saturated carbocycles. The summed E-state index contributed by atoms with van der Waals surface area (Å²) in [6.07, 6.45) is -10.1. The minimum atomic E-state index is -5.04. The predicted octanol–water partition coefficient (Wildman–Crippen LogP) is 7.92. The quantitative estimate of drug-likeness (QED) is 0.179. The zero-order valence-electron chi connectivity index (χ0n) is 22.1. The van der Waals surface area contributed by atoms with Crippen LogP contribution in [-0.4, -0.2) is 12.7 Å². The fourth-order valence-corrected chi connectivity index (χ4v) is 7.03. The first-order valence-electron chi connectivity index (χ1n) is 12.2. The van der Waals surface area contributed by atoms with E-state index in [0.717, 1.165) is 48.5 Å². The van der Waals surface area contributed by atoms with Crippen LogP contribution in [0.5, 0.6) is 11.5 Å². The Morgan fingerprint density at radius 3 is 1.11 bits per heavy atom. The van der Waals surface area contributed by atoms with E-state index in [1.54, 1.807) is 24.3 Å². The van der Waals surface area contributed by atoms with Crippen molar-refractivity contribution in [1.29, 1.82) is 21.0 Å². The van der Waals surface area contributed by atoms with Crippen molar-refractivity contribution in [3.8, 4) is 58.0 Å². The van der Waals surface area contributed by atoms with Crippen LogP contribution in [-0.2, 0) is 0 Å². The fraction of sp³-hybridized carbons (Fsp3) is 0.0667. The number of hydrogen-bond acceptors (Lipinski definition) is 8. The second-order valence-corrected chi connectivity index (χ2v) is 11.0. The number of halogens is 8. The van der Waals surface area contributed by atoms with E-state index in [2.05, 4.69) is 9.47 Å². The van der Waals surface area contributed by atoms with Gasteiger partial charge in [-0.2, -0.15) is 21.0 Å². The van der Waals surface area contributed by atoms with Crippen LogP contribution in [0.1, 0.15) is 0 Å². The minimum absolute atomic E-state index is 0.0204. The third kappa shape index (κ3) is 5.75. The maximum absolute atomic E-state index is 16.3. The highest BCUT2D eigenvalue weighted by Gasteiger charge is 2.33. The Labute approximate surface area is 259 Å². The predicted molar refractivity (Wildman–Crippen MR) is 150 cm³/mol. The number of nitriles is 4. The van der Waals surface area contributed by atoms with Crippen LogP contribution in [0.25, 0.3) is 53.6 Å². The Bertz CT molecular complexity index is 2150. The summed E-state index contributed by atoms with van der Waals surface area (Å²) in [6.45, 7) is 0. The molecule has 16 heteroatoms. The van der Waals surface area contributed by atoms with E-state index < -0.39 is 56.1 Å². The van der Waals surface area contributed by atoms with Gasteiger partial charge < -0.3 is 9.47 Å². The Hall–Kier alpha value is -5.68. The molecule has 0 saturated heterocycles. The highest BCUT2D eigenvalue weighted by molar-refractivity contribution is 7.20. The first-order valence-corrected chi connectivity index (χ1v) is 13.8. The minimum Gasteiger partial charge on any atom is -0.406 e. The number of fused-ring (bicyclic) bond motifs is 2. The molecule has 0 N–H and O–H groups in total. The number of hydrogen-bond donors (Lipinski definition) is 0. The molecule has 0 unspecified atom stereocenters. The first kappa shape index (κ1) is 31.7. The van der Waals surface area contributed by atoms with Gasteiger partial charge >= 0.3 is 12.7 Å². The number of ether oxygens (including phenoxy) is 2. The van der Waals surface area contributed by atoms with Crippen molar-refractivity contribution < 1.29 is 44.6 Å². The molecule has 228 valence electrons. The second-order valence-electron chi connectivity index (χ2n) is 8.99. The smallest absolute Gasteiger partial charge is 0.406 e. The van der Waals surface area contributed by atoms with Gasteiger partial charge in [-0.1, -0.05) is 24.3 Å². The van der Waals surface area contributed by atoms with E-state index >= 15 is 8.78 Å². The summed E-state index contributed by atoms with van der Waals surface area (Å²) in [4.78, 5) is 0. The van der Waals surface area contributed by atoms with Crippen molar-refractivity contribution in [2.24, 2.45) is 0 Å². The second kappa shape index (κ2) is 11.7. The molecule has 0 fully saturated rings. The van der Waals surface area contributed by atoms with Crippen LogP contribution in [0.4, 0.5) is 35.1 Å². The fourth-order valence-electron chi connectivity index (χ4n) is 4.62. The van der Waals surface area contributed by atoms with E-state index in [1.807, 2.05) is 0 Å². The van der Waals surface area contributed by atoms with Gasteiger partial charge in [-0.25, -0.2) is 8.78 Å². The number of benzene rings is 3. The van der Waals surface area contributed by atoms with E-state index in [0.29, 0.717) is 22.7 Å². The van der Waals surface area contributed by atoms with E-state index in [9.17, 15) is 47.4 Å². The lowest BCUT2D eigenvalue weighted by Gasteiger charge is -2.14. The third-order valence-corrected chi connectivity index (χ3v) is 8.71.